The van der Waals surface area contributed by atoms with Gasteiger partial charge in [-0.15, -0.1) is 0 Å². The normalized spacial score (nSPS) is 40.9. The molecular weight excluding hydrogens is 198 g/mol. The van der Waals surface area contributed by atoms with Crippen molar-refractivity contribution in [2.45, 2.75) is 77.0 Å². The highest BCUT2D eigenvalue weighted by molar-refractivity contribution is 4.80. The lowest BCUT2D eigenvalue weighted by Crippen LogP contribution is -2.42. The summed E-state index contributed by atoms with van der Waals surface area (Å²) in [7, 11) is 0. The molecule has 0 amide bonds. The molecule has 1 aliphatic carbocycles. The van der Waals surface area contributed by atoms with Crippen LogP contribution in [0.3, 0.4) is 0 Å². The molecule has 4 atom stereocenters. The van der Waals surface area contributed by atoms with Crippen molar-refractivity contribution in [2.24, 2.45) is 5.92 Å². The van der Waals surface area contributed by atoms with Crippen molar-refractivity contribution in [1.29, 1.82) is 0 Å². The van der Waals surface area contributed by atoms with Gasteiger partial charge in [-0.25, -0.2) is 0 Å². The van der Waals surface area contributed by atoms with Crippen LogP contribution in [0.15, 0.2) is 0 Å². The Morgan fingerprint density at radius 3 is 2.75 bits per heavy atom. The van der Waals surface area contributed by atoms with Crippen LogP contribution in [0.25, 0.3) is 0 Å². The molecule has 4 unspecified atom stereocenters. The monoisotopic (exact) mass is 225 g/mol. The van der Waals surface area contributed by atoms with E-state index in [0.29, 0.717) is 18.2 Å². The van der Waals surface area contributed by atoms with Crippen molar-refractivity contribution in [2.75, 3.05) is 6.54 Å². The molecule has 1 saturated carbocycles. The van der Waals surface area contributed by atoms with Gasteiger partial charge in [-0.2, -0.15) is 0 Å². The van der Waals surface area contributed by atoms with Crippen molar-refractivity contribution in [3.8, 4) is 0 Å². The Kier molecular flexibility index (Phi) is 4.66. The van der Waals surface area contributed by atoms with Crippen LogP contribution in [0.4, 0.5) is 0 Å². The first kappa shape index (κ1) is 12.4. The van der Waals surface area contributed by atoms with Gasteiger partial charge in [-0.1, -0.05) is 26.2 Å². The van der Waals surface area contributed by atoms with Crippen LogP contribution in [0.2, 0.25) is 0 Å². The number of nitrogens with one attached hydrogen (secondary N) is 1. The summed E-state index contributed by atoms with van der Waals surface area (Å²) >= 11 is 0. The molecule has 2 aliphatic rings. The van der Waals surface area contributed by atoms with Gasteiger partial charge in [-0.05, 0) is 45.1 Å². The van der Waals surface area contributed by atoms with E-state index in [4.69, 9.17) is 4.74 Å². The predicted molar refractivity (Wildman–Crippen MR) is 67.6 cm³/mol. The molecule has 2 fully saturated rings. The van der Waals surface area contributed by atoms with Gasteiger partial charge in [0.05, 0.1) is 12.2 Å². The summed E-state index contributed by atoms with van der Waals surface area (Å²) in [5.74, 6) is 0.832. The third-order valence-electron chi connectivity index (χ3n) is 4.31. The van der Waals surface area contributed by atoms with Crippen molar-refractivity contribution in [1.82, 2.24) is 5.32 Å². The summed E-state index contributed by atoms with van der Waals surface area (Å²) in [6.45, 7) is 5.72. The predicted octanol–water partition coefficient (Wildman–Crippen LogP) is 3.11. The first-order chi connectivity index (χ1) is 7.79. The van der Waals surface area contributed by atoms with Crippen molar-refractivity contribution in [3.05, 3.63) is 0 Å². The maximum absolute atomic E-state index is 6.37. The summed E-state index contributed by atoms with van der Waals surface area (Å²) in [6, 6.07) is 0.641. The van der Waals surface area contributed by atoms with Gasteiger partial charge in [0.25, 0.3) is 0 Å². The van der Waals surface area contributed by atoms with Gasteiger partial charge in [0.1, 0.15) is 0 Å². The van der Waals surface area contributed by atoms with Gasteiger partial charge in [-0.3, -0.25) is 0 Å². The highest BCUT2D eigenvalue weighted by atomic mass is 16.5. The van der Waals surface area contributed by atoms with Crippen LogP contribution in [-0.4, -0.2) is 24.8 Å². The van der Waals surface area contributed by atoms with Gasteiger partial charge in [0.15, 0.2) is 0 Å². The highest BCUT2D eigenvalue weighted by Crippen LogP contribution is 2.31. The zero-order valence-corrected chi connectivity index (χ0v) is 10.9. The third kappa shape index (κ3) is 3.21. The standard InChI is InChI=1S/C14H27NO/c1-3-12-6-4-5-7-14(12)16-13-8-9-15-11(2)10-13/h11-15H,3-10H2,1-2H3. The summed E-state index contributed by atoms with van der Waals surface area (Å²) in [6.07, 6.45) is 10.3. The lowest BCUT2D eigenvalue weighted by Gasteiger charge is -2.36. The average molecular weight is 225 g/mol. The summed E-state index contributed by atoms with van der Waals surface area (Å²) < 4.78 is 6.37. The molecule has 2 nitrogen and oxygen atoms in total. The van der Waals surface area contributed by atoms with Crippen LogP contribution in [0.5, 0.6) is 0 Å². The minimum absolute atomic E-state index is 0.522. The van der Waals surface area contributed by atoms with Crippen molar-refractivity contribution >= 4 is 0 Å². The minimum atomic E-state index is 0.522. The quantitative estimate of drug-likeness (QED) is 0.797. The number of hydrogen-bond acceptors (Lipinski definition) is 2. The number of ether oxygens (including phenoxy) is 1. The zero-order valence-electron chi connectivity index (χ0n) is 10.9. The molecule has 0 spiro atoms. The summed E-state index contributed by atoms with van der Waals surface area (Å²) in [5, 5.41) is 3.49. The molecular formula is C14H27NO. The molecule has 0 aromatic carbocycles. The second kappa shape index (κ2) is 6.02. The van der Waals surface area contributed by atoms with Gasteiger partial charge in [0, 0.05) is 6.04 Å². The Hall–Kier alpha value is -0.0800. The van der Waals surface area contributed by atoms with E-state index in [0.717, 1.165) is 12.5 Å². The van der Waals surface area contributed by atoms with E-state index in [1.807, 2.05) is 0 Å². The molecule has 1 heterocycles. The van der Waals surface area contributed by atoms with Crippen LogP contribution in [0, 0.1) is 5.92 Å². The lowest BCUT2D eigenvalue weighted by atomic mass is 9.84. The summed E-state index contributed by atoms with van der Waals surface area (Å²) in [5.41, 5.74) is 0. The Morgan fingerprint density at radius 2 is 2.00 bits per heavy atom. The fourth-order valence-electron chi connectivity index (χ4n) is 3.28. The molecule has 1 saturated heterocycles. The number of piperidine rings is 1. The minimum Gasteiger partial charge on any atom is -0.375 e. The van der Waals surface area contributed by atoms with Crippen LogP contribution < -0.4 is 5.32 Å². The molecule has 2 heteroatoms. The summed E-state index contributed by atoms with van der Waals surface area (Å²) in [4.78, 5) is 0. The molecule has 0 bridgehead atoms. The zero-order chi connectivity index (χ0) is 11.4. The van der Waals surface area contributed by atoms with E-state index >= 15 is 0 Å². The largest absolute Gasteiger partial charge is 0.375 e. The molecule has 94 valence electrons. The molecule has 16 heavy (non-hydrogen) atoms. The number of rotatable bonds is 3. The average Bonchev–Trinajstić information content (AvgIpc) is 2.30. The second-order valence-electron chi connectivity index (χ2n) is 5.63. The van der Waals surface area contributed by atoms with Crippen LogP contribution in [0.1, 0.15) is 58.8 Å². The fraction of sp³-hybridized carbons (Fsp3) is 1.00. The molecule has 0 radical (unpaired) electrons. The lowest BCUT2D eigenvalue weighted by molar-refractivity contribution is -0.0747. The molecule has 0 aromatic rings. The first-order valence-corrected chi connectivity index (χ1v) is 7.18. The van der Waals surface area contributed by atoms with E-state index in [1.165, 1.54) is 44.9 Å². The molecule has 0 aromatic heterocycles. The maximum Gasteiger partial charge on any atom is 0.0607 e. The van der Waals surface area contributed by atoms with E-state index in [9.17, 15) is 0 Å². The van der Waals surface area contributed by atoms with Crippen LogP contribution in [-0.2, 0) is 4.74 Å². The molecule has 1 aliphatic heterocycles. The van der Waals surface area contributed by atoms with E-state index < -0.39 is 0 Å². The van der Waals surface area contributed by atoms with Crippen LogP contribution >= 0.6 is 0 Å². The Morgan fingerprint density at radius 1 is 1.19 bits per heavy atom. The topological polar surface area (TPSA) is 21.3 Å². The van der Waals surface area contributed by atoms with Crippen molar-refractivity contribution in [3.63, 3.8) is 0 Å². The second-order valence-corrected chi connectivity index (χ2v) is 5.63. The Labute approximate surface area is 100 Å². The number of hydrogen-bond donors (Lipinski definition) is 1. The van der Waals surface area contributed by atoms with E-state index in [2.05, 4.69) is 19.2 Å². The van der Waals surface area contributed by atoms with Gasteiger partial charge < -0.3 is 10.1 Å². The Balaban J connectivity index is 1.82. The Bertz CT molecular complexity index is 207. The molecule has 1 N–H and O–H groups in total. The van der Waals surface area contributed by atoms with Gasteiger partial charge >= 0.3 is 0 Å². The molecule has 2 rings (SSSR count). The third-order valence-corrected chi connectivity index (χ3v) is 4.31. The SMILES string of the molecule is CCC1CCCCC1OC1CCNC(C)C1. The highest BCUT2D eigenvalue weighted by Gasteiger charge is 2.28. The van der Waals surface area contributed by atoms with E-state index in [-0.39, 0.29) is 0 Å². The first-order valence-electron chi connectivity index (χ1n) is 7.18. The maximum atomic E-state index is 6.37. The van der Waals surface area contributed by atoms with E-state index in [1.54, 1.807) is 0 Å². The smallest absolute Gasteiger partial charge is 0.0607 e. The fourth-order valence-corrected chi connectivity index (χ4v) is 3.28. The van der Waals surface area contributed by atoms with Gasteiger partial charge in [0.2, 0.25) is 0 Å². The van der Waals surface area contributed by atoms with Crippen molar-refractivity contribution < 1.29 is 4.74 Å².